The van der Waals surface area contributed by atoms with E-state index in [4.69, 9.17) is 49.0 Å². The number of nitrogens with zero attached hydrogens (tertiary/aromatic N) is 1. The number of cyclic esters (lactones) is 1. The van der Waals surface area contributed by atoms with Crippen LogP contribution in [0.2, 0.25) is 0 Å². The van der Waals surface area contributed by atoms with Crippen molar-refractivity contribution in [2.24, 2.45) is 0 Å². The molecule has 8 heteroatoms. The second kappa shape index (κ2) is 4.96. The standard InChI is InChI=1S/C10H14Cl3NO4/c1-16-5-9-3-6(17-2)4-14(9)7(10(11,12)13)18-8(9)15/h6-7H,3-5H2,1-2H3/t6-,7+,9+/m0/s1. The highest BCUT2D eigenvalue weighted by molar-refractivity contribution is 6.68. The fourth-order valence-electron chi connectivity index (χ4n) is 2.59. The van der Waals surface area contributed by atoms with Gasteiger partial charge < -0.3 is 14.2 Å². The molecular formula is C10H14Cl3NO4. The highest BCUT2D eigenvalue weighted by Crippen LogP contribution is 2.47. The molecule has 0 aromatic rings. The van der Waals surface area contributed by atoms with Gasteiger partial charge in [0.1, 0.15) is 5.54 Å². The van der Waals surface area contributed by atoms with Crippen molar-refractivity contribution < 1.29 is 19.0 Å². The predicted molar refractivity (Wildman–Crippen MR) is 66.9 cm³/mol. The van der Waals surface area contributed by atoms with E-state index in [-0.39, 0.29) is 12.7 Å². The molecule has 2 heterocycles. The van der Waals surface area contributed by atoms with Crippen LogP contribution in [0.4, 0.5) is 0 Å². The Hall–Kier alpha value is 0.220. The Kier molecular flexibility index (Phi) is 4.03. The summed E-state index contributed by atoms with van der Waals surface area (Å²) in [5.41, 5.74) is -0.913. The minimum atomic E-state index is -1.70. The molecular weight excluding hydrogens is 304 g/mol. The zero-order chi connectivity index (χ0) is 13.6. The van der Waals surface area contributed by atoms with E-state index in [0.29, 0.717) is 13.0 Å². The number of alkyl halides is 3. The summed E-state index contributed by atoms with van der Waals surface area (Å²) >= 11 is 17.6. The molecule has 0 unspecified atom stereocenters. The molecule has 0 aromatic carbocycles. The number of hydrogen-bond donors (Lipinski definition) is 0. The van der Waals surface area contributed by atoms with Crippen molar-refractivity contribution in [2.75, 3.05) is 27.4 Å². The highest BCUT2D eigenvalue weighted by atomic mass is 35.6. The average Bonchev–Trinajstić information content (AvgIpc) is 2.74. The van der Waals surface area contributed by atoms with Crippen molar-refractivity contribution in [2.45, 2.75) is 28.1 Å². The minimum absolute atomic E-state index is 0.108. The first-order valence-corrected chi connectivity index (χ1v) is 6.55. The topological polar surface area (TPSA) is 48.0 Å². The van der Waals surface area contributed by atoms with Gasteiger partial charge in [0.25, 0.3) is 0 Å². The third kappa shape index (κ3) is 2.21. The quantitative estimate of drug-likeness (QED) is 0.581. The van der Waals surface area contributed by atoms with E-state index >= 15 is 0 Å². The Bertz CT molecular complexity index is 349. The summed E-state index contributed by atoms with van der Waals surface area (Å²) in [6.07, 6.45) is -0.555. The summed E-state index contributed by atoms with van der Waals surface area (Å²) in [7, 11) is 3.10. The second-order valence-electron chi connectivity index (χ2n) is 4.48. The zero-order valence-corrected chi connectivity index (χ0v) is 12.3. The van der Waals surface area contributed by atoms with Crippen molar-refractivity contribution in [3.05, 3.63) is 0 Å². The third-order valence-corrected chi connectivity index (χ3v) is 3.95. The van der Waals surface area contributed by atoms with Crippen LogP contribution in [0.25, 0.3) is 0 Å². The fraction of sp³-hybridized carbons (Fsp3) is 0.900. The van der Waals surface area contributed by atoms with Crippen LogP contribution in [0.5, 0.6) is 0 Å². The maximum absolute atomic E-state index is 12.1. The van der Waals surface area contributed by atoms with Crippen LogP contribution >= 0.6 is 34.8 Å². The highest BCUT2D eigenvalue weighted by Gasteiger charge is 2.64. The number of methoxy groups -OCH3 is 2. The van der Waals surface area contributed by atoms with E-state index in [2.05, 4.69) is 0 Å². The summed E-state index contributed by atoms with van der Waals surface area (Å²) in [5.74, 6) is -0.430. The Balaban J connectivity index is 2.32. The van der Waals surface area contributed by atoms with Crippen LogP contribution in [0, 0.1) is 0 Å². The third-order valence-electron chi connectivity index (χ3n) is 3.39. The van der Waals surface area contributed by atoms with E-state index in [1.807, 2.05) is 0 Å². The molecule has 0 spiro atoms. The number of rotatable bonds is 3. The summed E-state index contributed by atoms with van der Waals surface area (Å²) in [4.78, 5) is 13.8. The number of carbonyl (C=O) groups is 1. The largest absolute Gasteiger partial charge is 0.440 e. The first kappa shape index (κ1) is 14.6. The summed E-state index contributed by atoms with van der Waals surface area (Å²) in [5, 5.41) is 0. The van der Waals surface area contributed by atoms with Gasteiger partial charge in [-0.3, -0.25) is 0 Å². The minimum Gasteiger partial charge on any atom is -0.440 e. The number of halogens is 3. The second-order valence-corrected chi connectivity index (χ2v) is 6.85. The van der Waals surface area contributed by atoms with Gasteiger partial charge in [0.05, 0.1) is 12.7 Å². The van der Waals surface area contributed by atoms with E-state index in [1.54, 1.807) is 12.0 Å². The van der Waals surface area contributed by atoms with Crippen LogP contribution < -0.4 is 0 Å². The monoisotopic (exact) mass is 317 g/mol. The van der Waals surface area contributed by atoms with Crippen LogP contribution in [0.1, 0.15) is 6.42 Å². The lowest BCUT2D eigenvalue weighted by Crippen LogP contribution is -2.51. The van der Waals surface area contributed by atoms with Crippen LogP contribution in [-0.2, 0) is 19.0 Å². The average molecular weight is 319 g/mol. The molecule has 0 N–H and O–H groups in total. The molecule has 2 aliphatic rings. The maximum atomic E-state index is 12.1. The van der Waals surface area contributed by atoms with Crippen molar-refractivity contribution in [3.8, 4) is 0 Å². The van der Waals surface area contributed by atoms with Gasteiger partial charge in [-0.1, -0.05) is 34.8 Å². The number of esters is 1. The van der Waals surface area contributed by atoms with Crippen molar-refractivity contribution in [3.63, 3.8) is 0 Å². The normalized spacial score (nSPS) is 36.8. The predicted octanol–water partition coefficient (Wildman–Crippen LogP) is 1.35. The molecule has 2 fully saturated rings. The van der Waals surface area contributed by atoms with Crippen LogP contribution in [0.3, 0.4) is 0 Å². The van der Waals surface area contributed by atoms with Gasteiger partial charge in [0.15, 0.2) is 0 Å². The van der Waals surface area contributed by atoms with Crippen molar-refractivity contribution in [1.29, 1.82) is 0 Å². The number of carbonyl (C=O) groups excluding carboxylic acids is 1. The van der Waals surface area contributed by atoms with Crippen LogP contribution in [-0.4, -0.2) is 59.9 Å². The summed E-state index contributed by atoms with van der Waals surface area (Å²) in [6, 6.07) is 0. The molecule has 0 aliphatic carbocycles. The SMILES string of the molecule is COC[C@@]12C[C@H](OC)CN1[C@@H](C(Cl)(Cl)Cl)OC2=O. The lowest BCUT2D eigenvalue weighted by Gasteiger charge is -2.30. The molecule has 104 valence electrons. The maximum Gasteiger partial charge on any atom is 0.330 e. The smallest absolute Gasteiger partial charge is 0.330 e. The van der Waals surface area contributed by atoms with Gasteiger partial charge in [0, 0.05) is 27.2 Å². The summed E-state index contributed by atoms with van der Waals surface area (Å²) in [6.45, 7) is 0.646. The molecule has 5 nitrogen and oxygen atoms in total. The van der Waals surface area contributed by atoms with Gasteiger partial charge in [-0.05, 0) is 0 Å². The first-order chi connectivity index (χ1) is 8.35. The van der Waals surface area contributed by atoms with E-state index < -0.39 is 21.5 Å². The van der Waals surface area contributed by atoms with E-state index in [0.717, 1.165) is 0 Å². The molecule has 0 saturated carbocycles. The van der Waals surface area contributed by atoms with Crippen LogP contribution in [0.15, 0.2) is 0 Å². The number of hydrogen-bond acceptors (Lipinski definition) is 5. The Morgan fingerprint density at radius 2 is 2.17 bits per heavy atom. The zero-order valence-electron chi connectivity index (χ0n) is 9.99. The van der Waals surface area contributed by atoms with Gasteiger partial charge in [-0.25, -0.2) is 9.69 Å². The molecule has 2 aliphatic heterocycles. The molecule has 18 heavy (non-hydrogen) atoms. The Morgan fingerprint density at radius 3 is 2.67 bits per heavy atom. The molecule has 3 atom stereocenters. The molecule has 0 radical (unpaired) electrons. The number of fused-ring (bicyclic) bond motifs is 1. The van der Waals surface area contributed by atoms with E-state index in [9.17, 15) is 4.79 Å². The first-order valence-electron chi connectivity index (χ1n) is 5.41. The van der Waals surface area contributed by atoms with Gasteiger partial charge >= 0.3 is 5.97 Å². The van der Waals surface area contributed by atoms with E-state index in [1.165, 1.54) is 7.11 Å². The van der Waals surface area contributed by atoms with Gasteiger partial charge in [-0.2, -0.15) is 0 Å². The van der Waals surface area contributed by atoms with Gasteiger partial charge in [-0.15, -0.1) is 0 Å². The lowest BCUT2D eigenvalue weighted by atomic mass is 9.97. The summed E-state index contributed by atoms with van der Waals surface area (Å²) < 4.78 is 13.9. The van der Waals surface area contributed by atoms with Crippen molar-refractivity contribution in [1.82, 2.24) is 4.90 Å². The Morgan fingerprint density at radius 1 is 1.50 bits per heavy atom. The molecule has 0 amide bonds. The molecule has 0 bridgehead atoms. The Labute approximate surface area is 120 Å². The fourth-order valence-corrected chi connectivity index (χ4v) is 3.08. The molecule has 2 saturated heterocycles. The lowest BCUT2D eigenvalue weighted by molar-refractivity contribution is -0.147. The van der Waals surface area contributed by atoms with Crippen molar-refractivity contribution >= 4 is 40.8 Å². The van der Waals surface area contributed by atoms with Gasteiger partial charge in [0.2, 0.25) is 10.0 Å². The number of ether oxygens (including phenoxy) is 3. The molecule has 2 rings (SSSR count). The molecule has 0 aromatic heterocycles.